The number of ether oxygens (including phenoxy) is 1. The van der Waals surface area contributed by atoms with Gasteiger partial charge in [-0.05, 0) is 18.5 Å². The minimum absolute atomic E-state index is 0.0761. The van der Waals surface area contributed by atoms with Crippen molar-refractivity contribution in [1.82, 2.24) is 10.2 Å². The summed E-state index contributed by atoms with van der Waals surface area (Å²) < 4.78 is 11.6. The van der Waals surface area contributed by atoms with Gasteiger partial charge in [0.25, 0.3) is 0 Å². The highest BCUT2D eigenvalue weighted by atomic mass is 16.6. The van der Waals surface area contributed by atoms with Crippen LogP contribution < -0.4 is 9.79 Å². The number of carbonyl (C=O) groups excluding carboxylic acids is 1. The first-order valence-electron chi connectivity index (χ1n) is 7.15. The Kier molecular flexibility index (Phi) is 3.81. The van der Waals surface area contributed by atoms with Crippen molar-refractivity contribution < 1.29 is 23.8 Å². The Morgan fingerprint density at radius 1 is 1.27 bits per heavy atom. The van der Waals surface area contributed by atoms with Crippen molar-refractivity contribution >= 4 is 5.91 Å². The van der Waals surface area contributed by atoms with Crippen LogP contribution in [0.25, 0.3) is 5.69 Å². The van der Waals surface area contributed by atoms with Crippen LogP contribution >= 0.6 is 0 Å². The van der Waals surface area contributed by atoms with Crippen molar-refractivity contribution in [2.75, 3.05) is 13.1 Å². The fourth-order valence-corrected chi connectivity index (χ4v) is 2.67. The molecule has 1 amide bonds. The van der Waals surface area contributed by atoms with E-state index >= 15 is 0 Å². The molecule has 2 aromatic rings. The minimum atomic E-state index is -0.736. The van der Waals surface area contributed by atoms with E-state index in [9.17, 15) is 9.90 Å². The quantitative estimate of drug-likeness (QED) is 0.744. The molecule has 0 radical (unpaired) electrons. The van der Waals surface area contributed by atoms with Crippen LogP contribution in [0.5, 0.6) is 5.95 Å². The molecule has 1 saturated heterocycles. The average Bonchev–Trinajstić information content (AvgIpc) is 2.88. The van der Waals surface area contributed by atoms with E-state index in [0.717, 1.165) is 0 Å². The maximum atomic E-state index is 12.7. The summed E-state index contributed by atoms with van der Waals surface area (Å²) in [6.45, 7) is 4.66. The maximum Gasteiger partial charge on any atom is 0.327 e. The second kappa shape index (κ2) is 5.76. The highest BCUT2D eigenvalue weighted by Crippen LogP contribution is 2.17. The average molecular weight is 303 g/mol. The molecule has 1 aromatic heterocycles. The predicted molar refractivity (Wildman–Crippen MR) is 73.4 cm³/mol. The number of amides is 1. The molecule has 2 heterocycles. The van der Waals surface area contributed by atoms with Crippen molar-refractivity contribution in [3.05, 3.63) is 36.0 Å². The van der Waals surface area contributed by atoms with Crippen LogP contribution in [-0.2, 0) is 4.74 Å². The topological polar surface area (TPSA) is 82.5 Å². The molecule has 0 N–H and O–H groups in total. The summed E-state index contributed by atoms with van der Waals surface area (Å²) in [5.41, 5.74) is 0.513. The Morgan fingerprint density at radius 3 is 2.55 bits per heavy atom. The van der Waals surface area contributed by atoms with Gasteiger partial charge in [0, 0.05) is 25.2 Å². The minimum Gasteiger partial charge on any atom is -0.538 e. The highest BCUT2D eigenvalue weighted by molar-refractivity contribution is 5.92. The van der Waals surface area contributed by atoms with Gasteiger partial charge in [0.2, 0.25) is 5.69 Å². The third kappa shape index (κ3) is 2.67. The van der Waals surface area contributed by atoms with E-state index in [1.54, 1.807) is 29.2 Å². The number of hydrogen-bond donors (Lipinski definition) is 0. The molecule has 1 aliphatic heterocycles. The number of benzene rings is 1. The molecule has 0 bridgehead atoms. The molecule has 0 spiro atoms. The van der Waals surface area contributed by atoms with E-state index in [0.29, 0.717) is 18.8 Å². The van der Waals surface area contributed by atoms with Crippen LogP contribution in [0, 0.1) is 0 Å². The Bertz CT molecular complexity index is 661. The normalized spacial score (nSPS) is 21.8. The first kappa shape index (κ1) is 14.5. The van der Waals surface area contributed by atoms with Gasteiger partial charge in [-0.15, -0.1) is 0 Å². The highest BCUT2D eigenvalue weighted by Gasteiger charge is 2.35. The predicted octanol–water partition coefficient (Wildman–Crippen LogP) is 0.274. The van der Waals surface area contributed by atoms with Crippen molar-refractivity contribution in [1.29, 1.82) is 0 Å². The number of rotatable bonds is 2. The van der Waals surface area contributed by atoms with Crippen LogP contribution in [-0.4, -0.2) is 41.4 Å². The monoisotopic (exact) mass is 303 g/mol. The molecular weight excluding hydrogens is 286 g/mol. The Hall–Kier alpha value is -2.41. The molecule has 0 saturated carbocycles. The van der Waals surface area contributed by atoms with Gasteiger partial charge in [-0.1, -0.05) is 18.2 Å². The number of morpholine rings is 1. The molecule has 1 aromatic carbocycles. The van der Waals surface area contributed by atoms with Gasteiger partial charge in [-0.2, -0.15) is 0 Å². The first-order valence-corrected chi connectivity index (χ1v) is 7.15. The molecule has 1 fully saturated rings. The first-order chi connectivity index (χ1) is 10.6. The van der Waals surface area contributed by atoms with E-state index in [1.165, 1.54) is 4.68 Å². The lowest BCUT2D eigenvalue weighted by molar-refractivity contribution is -0.672. The fourth-order valence-electron chi connectivity index (χ4n) is 2.67. The smallest absolute Gasteiger partial charge is 0.327 e. The molecule has 1 aliphatic rings. The lowest BCUT2D eigenvalue weighted by Crippen LogP contribution is -2.51. The third-order valence-corrected chi connectivity index (χ3v) is 3.52. The Morgan fingerprint density at radius 2 is 1.91 bits per heavy atom. The molecule has 116 valence electrons. The standard InChI is InChI=1S/C15H17N3O4/c1-10-8-17(9-11(2)21-10)14(19)13-15(20)22-16-18(13)12-6-4-3-5-7-12/h3-7,10-11H,8-9H2,1-2H3. The Labute approximate surface area is 127 Å². The van der Waals surface area contributed by atoms with Gasteiger partial charge < -0.3 is 19.3 Å². The van der Waals surface area contributed by atoms with E-state index in [-0.39, 0.29) is 17.9 Å². The van der Waals surface area contributed by atoms with Crippen LogP contribution in [0.1, 0.15) is 24.3 Å². The van der Waals surface area contributed by atoms with Gasteiger partial charge in [-0.25, -0.2) is 0 Å². The third-order valence-electron chi connectivity index (χ3n) is 3.52. The van der Waals surface area contributed by atoms with E-state index < -0.39 is 11.9 Å². The SMILES string of the molecule is CC1CN(C(=O)c2c([O-])on[n+]2-c2ccccc2)CC(C)O1. The molecular formula is C15H17N3O4. The lowest BCUT2D eigenvalue weighted by atomic mass is 10.2. The van der Waals surface area contributed by atoms with Crippen LogP contribution in [0.4, 0.5) is 0 Å². The van der Waals surface area contributed by atoms with Gasteiger partial charge in [-0.3, -0.25) is 4.79 Å². The van der Waals surface area contributed by atoms with Crippen molar-refractivity contribution in [2.24, 2.45) is 0 Å². The summed E-state index contributed by atoms with van der Waals surface area (Å²) in [5.74, 6) is -1.13. The largest absolute Gasteiger partial charge is 0.538 e. The van der Waals surface area contributed by atoms with E-state index in [2.05, 4.69) is 5.27 Å². The molecule has 7 heteroatoms. The second-order valence-corrected chi connectivity index (χ2v) is 5.42. The maximum absolute atomic E-state index is 12.7. The second-order valence-electron chi connectivity index (χ2n) is 5.42. The summed E-state index contributed by atoms with van der Waals surface area (Å²) in [6.07, 6.45) is -0.152. The van der Waals surface area contributed by atoms with Crippen LogP contribution in [0.3, 0.4) is 0 Å². The molecule has 7 nitrogen and oxygen atoms in total. The van der Waals surface area contributed by atoms with Gasteiger partial charge in [0.05, 0.1) is 17.5 Å². The van der Waals surface area contributed by atoms with Gasteiger partial charge in [0.1, 0.15) is 0 Å². The van der Waals surface area contributed by atoms with E-state index in [4.69, 9.17) is 9.26 Å². The lowest BCUT2D eigenvalue weighted by Gasteiger charge is -2.34. The Balaban J connectivity index is 1.95. The summed E-state index contributed by atoms with van der Waals surface area (Å²) in [5, 5.41) is 15.6. The fraction of sp³-hybridized carbons (Fsp3) is 0.400. The van der Waals surface area contributed by atoms with Gasteiger partial charge in [0.15, 0.2) is 5.95 Å². The number of aromatic nitrogens is 2. The van der Waals surface area contributed by atoms with Crippen molar-refractivity contribution in [3.63, 3.8) is 0 Å². The zero-order valence-electron chi connectivity index (χ0n) is 12.4. The summed E-state index contributed by atoms with van der Waals surface area (Å²) >= 11 is 0. The number of nitrogens with zero attached hydrogens (tertiary/aromatic N) is 3. The summed E-state index contributed by atoms with van der Waals surface area (Å²) in [4.78, 5) is 14.3. The summed E-state index contributed by atoms with van der Waals surface area (Å²) in [6, 6.07) is 8.95. The number of para-hydroxylation sites is 1. The van der Waals surface area contributed by atoms with Gasteiger partial charge >= 0.3 is 11.6 Å². The molecule has 3 rings (SSSR count). The molecule has 2 unspecified atom stereocenters. The zero-order valence-corrected chi connectivity index (χ0v) is 12.4. The number of hydrogen-bond acceptors (Lipinski definition) is 5. The summed E-state index contributed by atoms with van der Waals surface area (Å²) in [7, 11) is 0. The van der Waals surface area contributed by atoms with Crippen LogP contribution in [0.2, 0.25) is 0 Å². The molecule has 2 atom stereocenters. The zero-order chi connectivity index (χ0) is 15.7. The number of carbonyl (C=O) groups is 1. The van der Waals surface area contributed by atoms with Crippen LogP contribution in [0.15, 0.2) is 34.9 Å². The van der Waals surface area contributed by atoms with E-state index in [1.807, 2.05) is 19.9 Å². The van der Waals surface area contributed by atoms with Crippen molar-refractivity contribution in [2.45, 2.75) is 26.1 Å². The van der Waals surface area contributed by atoms with Crippen molar-refractivity contribution in [3.8, 4) is 11.6 Å². The molecule has 0 aliphatic carbocycles. The molecule has 22 heavy (non-hydrogen) atoms.